The number of carbonyl (C=O) groups excluding carboxylic acids is 3. The average Bonchev–Trinajstić information content (AvgIpc) is 3.27. The molecule has 0 aromatic carbocycles. The van der Waals surface area contributed by atoms with Gasteiger partial charge in [-0.05, 0) is 64.2 Å². The van der Waals surface area contributed by atoms with Gasteiger partial charge < -0.3 is 28.6 Å². The highest BCUT2D eigenvalue weighted by Crippen LogP contribution is 2.16. The van der Waals surface area contributed by atoms with Crippen LogP contribution in [0.5, 0.6) is 0 Å². The molecule has 65 heavy (non-hydrogen) atoms. The molecule has 0 saturated heterocycles. The molecule has 0 amide bonds. The van der Waals surface area contributed by atoms with Crippen molar-refractivity contribution in [3.8, 4) is 0 Å². The molecule has 0 aliphatic rings. The lowest BCUT2D eigenvalue weighted by molar-refractivity contribution is -0.889. The summed E-state index contributed by atoms with van der Waals surface area (Å²) in [4.78, 5) is 37.1. The maximum Gasteiger partial charge on any atom is 0.306 e. The molecule has 0 aliphatic heterocycles. The number of allylic oxidation sites excluding steroid dienone is 4. The van der Waals surface area contributed by atoms with Gasteiger partial charge in [-0.3, -0.25) is 9.59 Å². The van der Waals surface area contributed by atoms with E-state index in [0.717, 1.165) is 38.5 Å². The lowest BCUT2D eigenvalue weighted by atomic mass is 10.1. The molecular weight excluding hydrogens is 811 g/mol. The first-order valence-electron chi connectivity index (χ1n) is 27.9. The number of carboxylic acid groups (broad SMARTS) is 1. The number of nitrogens with zero attached hydrogens (tertiary/aromatic N) is 1. The van der Waals surface area contributed by atoms with Crippen molar-refractivity contribution in [2.24, 2.45) is 0 Å². The zero-order valence-corrected chi connectivity index (χ0v) is 43.7. The van der Waals surface area contributed by atoms with E-state index in [1.54, 1.807) is 0 Å². The van der Waals surface area contributed by atoms with Crippen LogP contribution >= 0.6 is 0 Å². The monoisotopic (exact) mass is 918 g/mol. The third-order valence-electron chi connectivity index (χ3n) is 12.8. The van der Waals surface area contributed by atoms with Crippen molar-refractivity contribution in [2.45, 2.75) is 283 Å². The van der Waals surface area contributed by atoms with Gasteiger partial charge in [0.05, 0.1) is 40.3 Å². The van der Waals surface area contributed by atoms with Crippen molar-refractivity contribution in [1.82, 2.24) is 0 Å². The Balaban J connectivity index is 4.19. The lowest BCUT2D eigenvalue weighted by Crippen LogP contribution is -2.55. The third kappa shape index (κ3) is 46.7. The summed E-state index contributed by atoms with van der Waals surface area (Å²) in [5.41, 5.74) is 0. The quantitative estimate of drug-likeness (QED) is 0.0259. The minimum Gasteiger partial charge on any atom is -0.544 e. The molecule has 2 unspecified atom stereocenters. The minimum atomic E-state index is -1.12. The molecule has 0 spiro atoms. The molecule has 0 aromatic rings. The van der Waals surface area contributed by atoms with Crippen LogP contribution in [0.3, 0.4) is 0 Å². The van der Waals surface area contributed by atoms with Crippen LogP contribution in [-0.2, 0) is 28.6 Å². The van der Waals surface area contributed by atoms with Crippen LogP contribution in [0, 0.1) is 0 Å². The molecule has 0 fully saturated rings. The number of aliphatic carboxylic acids is 1. The maximum absolute atomic E-state index is 12.8. The zero-order valence-electron chi connectivity index (χ0n) is 43.7. The van der Waals surface area contributed by atoms with Gasteiger partial charge in [0, 0.05) is 19.3 Å². The van der Waals surface area contributed by atoms with E-state index in [2.05, 4.69) is 38.2 Å². The number of carboxylic acids is 1. The first-order chi connectivity index (χ1) is 31.6. The Morgan fingerprint density at radius 1 is 0.446 bits per heavy atom. The second-order valence-electron chi connectivity index (χ2n) is 20.2. The first-order valence-corrected chi connectivity index (χ1v) is 27.9. The number of hydrogen-bond acceptors (Lipinski definition) is 7. The Labute approximate surface area is 402 Å². The fourth-order valence-corrected chi connectivity index (χ4v) is 8.47. The third-order valence-corrected chi connectivity index (χ3v) is 12.8. The molecule has 0 heterocycles. The topological polar surface area (TPSA) is 102 Å². The fraction of sp³-hybridized carbons (Fsp3) is 0.877. The largest absolute Gasteiger partial charge is 0.544 e. The maximum atomic E-state index is 12.8. The van der Waals surface area contributed by atoms with Gasteiger partial charge in [0.2, 0.25) is 0 Å². The number of carbonyl (C=O) groups is 3. The summed E-state index contributed by atoms with van der Waals surface area (Å²) < 4.78 is 17.3. The fourth-order valence-electron chi connectivity index (χ4n) is 8.47. The Kier molecular flexibility index (Phi) is 46.6. The standard InChI is InChI=1S/C57H107NO7/c1-6-8-10-12-14-16-18-20-22-24-26-28-30-32-34-36-38-40-42-44-46-48-56(60)65-53(51-63-50-49-54(57(61)62)58(3,4)5)52-64-55(59)47-45-43-41-39-37-35-33-31-29-27-25-23-21-19-17-15-13-11-9-7-2/h27-30,53-54H,6-26,31-52H2,1-5H3/b29-27+,30-28+. The Hall–Kier alpha value is -2.19. The predicted octanol–water partition coefficient (Wildman–Crippen LogP) is 15.0. The second kappa shape index (κ2) is 48.3. The number of hydrogen-bond donors (Lipinski definition) is 0. The predicted molar refractivity (Wildman–Crippen MR) is 273 cm³/mol. The number of likely N-dealkylation sites (N-methyl/N-ethyl adjacent to an activating group) is 1. The number of ether oxygens (including phenoxy) is 3. The summed E-state index contributed by atoms with van der Waals surface area (Å²) in [6, 6.07) is -0.726. The molecule has 0 bridgehead atoms. The Bertz CT molecular complexity index is 1120. The second-order valence-corrected chi connectivity index (χ2v) is 20.2. The van der Waals surface area contributed by atoms with Crippen molar-refractivity contribution < 1.29 is 38.2 Å². The first kappa shape index (κ1) is 62.8. The molecule has 0 radical (unpaired) electrons. The number of esters is 2. The SMILES string of the molecule is CCCCCCCCCCC/C=C/CCCCCCCCCC(=O)OCC(COCCC(C(=O)[O-])[N+](C)(C)C)OC(=O)CCCCCCCCC/C=C/CCCCCCCCCCCC. The van der Waals surface area contributed by atoms with E-state index in [9.17, 15) is 19.5 Å². The van der Waals surface area contributed by atoms with Gasteiger partial charge >= 0.3 is 11.9 Å². The van der Waals surface area contributed by atoms with Gasteiger partial charge in [-0.25, -0.2) is 0 Å². The van der Waals surface area contributed by atoms with Crippen LogP contribution in [0.1, 0.15) is 271 Å². The lowest BCUT2D eigenvalue weighted by Gasteiger charge is -2.34. The number of rotatable bonds is 51. The summed E-state index contributed by atoms with van der Waals surface area (Å²) in [5, 5.41) is 11.7. The molecular formula is C57H107NO7. The number of unbranched alkanes of at least 4 members (excludes halogenated alkanes) is 33. The van der Waals surface area contributed by atoms with Crippen molar-refractivity contribution in [1.29, 1.82) is 0 Å². The summed E-state index contributed by atoms with van der Waals surface area (Å²) in [7, 11) is 5.43. The molecule has 8 heteroatoms. The molecule has 0 rings (SSSR count). The summed E-state index contributed by atoms with van der Waals surface area (Å²) in [6.07, 6.45) is 56.4. The van der Waals surface area contributed by atoms with Crippen molar-refractivity contribution in [2.75, 3.05) is 41.0 Å². The molecule has 0 aromatic heterocycles. The summed E-state index contributed by atoms with van der Waals surface area (Å²) in [5.74, 6) is -1.73. The van der Waals surface area contributed by atoms with Crippen LogP contribution in [0.2, 0.25) is 0 Å². The molecule has 2 atom stereocenters. The van der Waals surface area contributed by atoms with E-state index in [0.29, 0.717) is 12.8 Å². The van der Waals surface area contributed by atoms with Gasteiger partial charge in [-0.1, -0.05) is 212 Å². The highest BCUT2D eigenvalue weighted by Gasteiger charge is 2.25. The van der Waals surface area contributed by atoms with Crippen molar-refractivity contribution >= 4 is 17.9 Å². The highest BCUT2D eigenvalue weighted by atomic mass is 16.6. The van der Waals surface area contributed by atoms with E-state index in [1.165, 1.54) is 199 Å². The van der Waals surface area contributed by atoms with E-state index < -0.39 is 18.1 Å². The van der Waals surface area contributed by atoms with Gasteiger partial charge in [0.1, 0.15) is 12.6 Å². The van der Waals surface area contributed by atoms with Crippen LogP contribution in [0.15, 0.2) is 24.3 Å². The van der Waals surface area contributed by atoms with Gasteiger partial charge in [-0.2, -0.15) is 0 Å². The van der Waals surface area contributed by atoms with Gasteiger partial charge in [0.15, 0.2) is 6.10 Å². The van der Waals surface area contributed by atoms with Gasteiger partial charge in [0.25, 0.3) is 0 Å². The zero-order chi connectivity index (χ0) is 47.7. The minimum absolute atomic E-state index is 0.0412. The highest BCUT2D eigenvalue weighted by molar-refractivity contribution is 5.70. The van der Waals surface area contributed by atoms with Crippen LogP contribution in [0.25, 0.3) is 0 Å². The van der Waals surface area contributed by atoms with Gasteiger partial charge in [-0.15, -0.1) is 0 Å². The molecule has 0 aliphatic carbocycles. The van der Waals surface area contributed by atoms with Crippen LogP contribution in [0.4, 0.5) is 0 Å². The summed E-state index contributed by atoms with van der Waals surface area (Å²) >= 11 is 0. The van der Waals surface area contributed by atoms with Crippen LogP contribution in [-0.4, -0.2) is 75.5 Å². The van der Waals surface area contributed by atoms with Crippen molar-refractivity contribution in [3.05, 3.63) is 24.3 Å². The molecule has 8 nitrogen and oxygen atoms in total. The van der Waals surface area contributed by atoms with E-state index in [-0.39, 0.29) is 42.7 Å². The smallest absolute Gasteiger partial charge is 0.306 e. The molecule has 0 saturated carbocycles. The Morgan fingerprint density at radius 2 is 0.769 bits per heavy atom. The summed E-state index contributed by atoms with van der Waals surface area (Å²) in [6.45, 7) is 4.70. The van der Waals surface area contributed by atoms with Crippen LogP contribution < -0.4 is 5.11 Å². The van der Waals surface area contributed by atoms with E-state index in [1.807, 2.05) is 21.1 Å². The van der Waals surface area contributed by atoms with Crippen molar-refractivity contribution in [3.63, 3.8) is 0 Å². The molecule has 382 valence electrons. The van der Waals surface area contributed by atoms with E-state index >= 15 is 0 Å². The molecule has 0 N–H and O–H groups in total. The number of quaternary nitrogens is 1. The normalized spacial score (nSPS) is 12.9. The van der Waals surface area contributed by atoms with E-state index in [4.69, 9.17) is 14.2 Å². The Morgan fingerprint density at radius 3 is 1.11 bits per heavy atom. The average molecular weight is 918 g/mol.